The van der Waals surface area contributed by atoms with E-state index in [-0.39, 0.29) is 35.6 Å². The summed E-state index contributed by atoms with van der Waals surface area (Å²) in [6.45, 7) is 0. The van der Waals surface area contributed by atoms with Crippen LogP contribution in [0.5, 0.6) is 0 Å². The summed E-state index contributed by atoms with van der Waals surface area (Å²) in [6, 6.07) is 0. The standard InChI is InChI=1S/3GeHO2.La/c3*2-1-3;/h3*1H;/q3*-1;+3. The molecule has 6 nitrogen and oxygen atoms in total. The topological polar surface area (TPSA) is 120 Å². The van der Waals surface area contributed by atoms with Crippen LogP contribution in [0, 0.1) is 35.6 Å². The van der Waals surface area contributed by atoms with Crippen LogP contribution in [0.1, 0.15) is 0 Å². The first-order valence-electron chi connectivity index (χ1n) is 1.41. The van der Waals surface area contributed by atoms with Crippen molar-refractivity contribution in [2.45, 2.75) is 0 Å². The molecule has 0 aromatic heterocycles. The zero-order valence-electron chi connectivity index (χ0n) is 4.76. The third-order valence-electron chi connectivity index (χ3n) is 0. The maximum atomic E-state index is 8.53. The van der Waals surface area contributed by atoms with Gasteiger partial charge in [0.25, 0.3) is 0 Å². The van der Waals surface area contributed by atoms with E-state index in [1.807, 2.05) is 0 Å². The fraction of sp³-hybridized carbons (Fsp3) is 0. The Morgan fingerprint density at radius 1 is 0.700 bits per heavy atom. The van der Waals surface area contributed by atoms with Crippen LogP contribution >= 0.6 is 0 Å². The van der Waals surface area contributed by atoms with Gasteiger partial charge in [-0.25, -0.2) is 0 Å². The van der Waals surface area contributed by atoms with Crippen molar-refractivity contribution in [2.24, 2.45) is 0 Å². The Balaban J connectivity index is -0.0000000257. The Bertz CT molecular complexity index is 49.7. The van der Waals surface area contributed by atoms with Gasteiger partial charge in [-0.1, -0.05) is 0 Å². The van der Waals surface area contributed by atoms with Crippen LogP contribution < -0.4 is 12.4 Å². The van der Waals surface area contributed by atoms with Crippen molar-refractivity contribution in [3.63, 3.8) is 0 Å². The third-order valence-corrected chi connectivity index (χ3v) is 0. The van der Waals surface area contributed by atoms with Gasteiger partial charge in [0.05, 0.1) is 0 Å². The van der Waals surface area contributed by atoms with Crippen LogP contribution in [0.25, 0.3) is 0 Å². The second-order valence-corrected chi connectivity index (χ2v) is 1.50. The van der Waals surface area contributed by atoms with E-state index < -0.39 is 47.1 Å². The van der Waals surface area contributed by atoms with E-state index in [0.717, 1.165) is 0 Å². The normalized spacial score (nSPS) is 3.60. The van der Waals surface area contributed by atoms with Gasteiger partial charge in [-0.2, -0.15) is 0 Å². The first-order valence-corrected chi connectivity index (χ1v) is 7.35. The second-order valence-electron chi connectivity index (χ2n) is 0.289. The molecule has 0 fully saturated rings. The third kappa shape index (κ3) is 272. The SMILES string of the molecule is [La+3].[O]=[GeH][O-].[O]=[GeH][O-].[O]=[GeH][O-]. The van der Waals surface area contributed by atoms with Crippen LogP contribution in [0.4, 0.5) is 0 Å². The molecule has 10 heteroatoms. The molecule has 0 aliphatic heterocycles. The van der Waals surface area contributed by atoms with Crippen molar-refractivity contribution in [3.05, 3.63) is 0 Å². The summed E-state index contributed by atoms with van der Waals surface area (Å²) >= 11 is -6.56. The molecule has 0 heterocycles. The maximum absolute atomic E-state index is 8.53. The van der Waals surface area contributed by atoms with Gasteiger partial charge < -0.3 is 0 Å². The van der Waals surface area contributed by atoms with Gasteiger partial charge in [0.1, 0.15) is 0 Å². The summed E-state index contributed by atoms with van der Waals surface area (Å²) in [6.07, 6.45) is 0. The average molecular weight is 456 g/mol. The van der Waals surface area contributed by atoms with Gasteiger partial charge in [0, 0.05) is 0 Å². The fourth-order valence-corrected chi connectivity index (χ4v) is 0. The van der Waals surface area contributed by atoms with E-state index in [1.165, 1.54) is 0 Å². The van der Waals surface area contributed by atoms with Crippen molar-refractivity contribution in [3.8, 4) is 0 Å². The van der Waals surface area contributed by atoms with Gasteiger partial charge in [-0.05, 0) is 0 Å². The van der Waals surface area contributed by atoms with E-state index in [1.54, 1.807) is 0 Å². The van der Waals surface area contributed by atoms with Gasteiger partial charge in [-0.15, -0.1) is 0 Å². The predicted molar refractivity (Wildman–Crippen MR) is 23.5 cm³/mol. The molecule has 0 atom stereocenters. The Hall–Kier alpha value is 1.62. The molecule has 0 N–H and O–H groups in total. The van der Waals surface area contributed by atoms with E-state index in [2.05, 4.69) is 0 Å². The Kier molecular flexibility index (Phi) is 104. The number of hydrogen-bond acceptors (Lipinski definition) is 6. The van der Waals surface area contributed by atoms with Gasteiger partial charge in [-0.3, -0.25) is 0 Å². The molecule has 0 rings (SSSR count). The summed E-state index contributed by atoms with van der Waals surface area (Å²) in [5.41, 5.74) is 0. The molecule has 10 heavy (non-hydrogen) atoms. The minimum atomic E-state index is -2.19. The van der Waals surface area contributed by atoms with Crippen molar-refractivity contribution in [1.82, 2.24) is 0 Å². The molecule has 0 aliphatic rings. The second kappa shape index (κ2) is 46.0. The fourth-order valence-electron chi connectivity index (χ4n) is 0. The van der Waals surface area contributed by atoms with Gasteiger partial charge >= 0.3 is 106 Å². The zero-order valence-corrected chi connectivity index (χ0v) is 15.7. The van der Waals surface area contributed by atoms with Gasteiger partial charge in [0.15, 0.2) is 0 Å². The molecule has 0 radical (unpaired) electrons. The van der Waals surface area contributed by atoms with Crippen molar-refractivity contribution < 1.29 is 59.3 Å². The van der Waals surface area contributed by atoms with Crippen LogP contribution in [-0.2, 0) is 11.3 Å². The monoisotopic (exact) mass is 460 g/mol. The van der Waals surface area contributed by atoms with Crippen LogP contribution in [0.2, 0.25) is 0 Å². The van der Waals surface area contributed by atoms with Crippen LogP contribution in [0.3, 0.4) is 0 Å². The molecule has 0 aromatic rings. The van der Waals surface area contributed by atoms with Crippen molar-refractivity contribution >= 4 is 47.1 Å². The van der Waals surface area contributed by atoms with Crippen LogP contribution in [0.15, 0.2) is 0 Å². The predicted octanol–water partition coefficient (Wildman–Crippen LogP) is -5.87. The Morgan fingerprint density at radius 3 is 0.700 bits per heavy atom. The molecular weight excluding hydrogens is 453 g/mol. The first-order chi connectivity index (χ1) is 4.24. The molecule has 0 spiro atoms. The summed E-state index contributed by atoms with van der Waals surface area (Å²) < 4.78 is 51.2. The summed E-state index contributed by atoms with van der Waals surface area (Å²) in [4.78, 5) is 0. The van der Waals surface area contributed by atoms with E-state index in [4.69, 9.17) is 23.7 Å². The van der Waals surface area contributed by atoms with Crippen molar-refractivity contribution in [1.29, 1.82) is 0 Å². The number of hydrogen-bond donors (Lipinski definition) is 0. The molecule has 0 saturated carbocycles. The summed E-state index contributed by atoms with van der Waals surface area (Å²) in [5.74, 6) is 0. The molecule has 0 aromatic carbocycles. The average Bonchev–Trinajstić information content (AvgIpc) is 1.70. The van der Waals surface area contributed by atoms with Crippen molar-refractivity contribution in [2.75, 3.05) is 0 Å². The summed E-state index contributed by atoms with van der Waals surface area (Å²) in [7, 11) is 0. The Labute approximate surface area is 105 Å². The Morgan fingerprint density at radius 2 is 0.700 bits per heavy atom. The zero-order chi connectivity index (χ0) is 8.12. The van der Waals surface area contributed by atoms with Crippen LogP contribution in [-0.4, -0.2) is 47.1 Å². The molecular formula is H3Ge3LaO6. The minimum absolute atomic E-state index is 0. The molecule has 0 amide bonds. The molecule has 0 bridgehead atoms. The molecule has 0 aliphatic carbocycles. The van der Waals surface area contributed by atoms with E-state index in [9.17, 15) is 0 Å². The molecule has 0 saturated heterocycles. The summed E-state index contributed by atoms with van der Waals surface area (Å²) in [5, 5.41) is 0. The van der Waals surface area contributed by atoms with Gasteiger partial charge in [0.2, 0.25) is 0 Å². The molecule has 54 valence electrons. The first kappa shape index (κ1) is 22.6. The quantitative estimate of drug-likeness (QED) is 0.336. The molecule has 0 unspecified atom stereocenters. The van der Waals surface area contributed by atoms with E-state index in [0.29, 0.717) is 0 Å². The van der Waals surface area contributed by atoms with E-state index >= 15 is 0 Å². The number of rotatable bonds is 0.